The van der Waals surface area contributed by atoms with Gasteiger partial charge in [0.25, 0.3) is 0 Å². The lowest BCUT2D eigenvalue weighted by Crippen LogP contribution is -2.34. The highest BCUT2D eigenvalue weighted by Gasteiger charge is 2.21. The molecule has 0 amide bonds. The summed E-state index contributed by atoms with van der Waals surface area (Å²) in [6.45, 7) is 3.61. The van der Waals surface area contributed by atoms with Crippen LogP contribution >= 0.6 is 0 Å². The first kappa shape index (κ1) is 12.0. The van der Waals surface area contributed by atoms with Crippen LogP contribution in [0.2, 0.25) is 0 Å². The first-order chi connectivity index (χ1) is 7.54. The first-order valence-electron chi connectivity index (χ1n) is 4.91. The summed E-state index contributed by atoms with van der Waals surface area (Å²) < 4.78 is 0. The zero-order valence-electron chi connectivity index (χ0n) is 9.14. The standard InChI is InChI=1S/C11H13N3O2/c1-7(2)10(11(15)16)14-9-5-3-4-8(6-12)13-9/h3-5,7,10H,1-2H3,(H,13,14)(H,15,16)/t10-/m1/s1. The molecule has 0 aromatic carbocycles. The van der Waals surface area contributed by atoms with Gasteiger partial charge in [-0.25, -0.2) is 9.78 Å². The Morgan fingerprint density at radius 1 is 1.56 bits per heavy atom. The molecular formula is C11H13N3O2. The monoisotopic (exact) mass is 219 g/mol. The summed E-state index contributed by atoms with van der Waals surface area (Å²) in [5.74, 6) is -0.593. The smallest absolute Gasteiger partial charge is 0.326 e. The van der Waals surface area contributed by atoms with E-state index in [-0.39, 0.29) is 11.6 Å². The lowest BCUT2D eigenvalue weighted by Gasteiger charge is -2.18. The minimum absolute atomic E-state index is 0.0648. The Labute approximate surface area is 93.7 Å². The number of nitrogens with one attached hydrogen (secondary N) is 1. The third-order valence-corrected chi connectivity index (χ3v) is 2.10. The minimum atomic E-state index is -0.931. The molecule has 5 nitrogen and oxygen atoms in total. The molecule has 0 aliphatic heterocycles. The fourth-order valence-electron chi connectivity index (χ4n) is 1.25. The summed E-state index contributed by atoms with van der Waals surface area (Å²) in [5, 5.41) is 20.4. The van der Waals surface area contributed by atoms with E-state index < -0.39 is 12.0 Å². The van der Waals surface area contributed by atoms with E-state index in [1.165, 1.54) is 0 Å². The maximum Gasteiger partial charge on any atom is 0.326 e. The molecule has 1 aromatic rings. The number of nitrogens with zero attached hydrogens (tertiary/aromatic N) is 2. The highest BCUT2D eigenvalue weighted by atomic mass is 16.4. The molecule has 2 N–H and O–H groups in total. The zero-order valence-corrected chi connectivity index (χ0v) is 9.14. The molecule has 0 aliphatic rings. The van der Waals surface area contributed by atoms with E-state index in [0.29, 0.717) is 5.82 Å². The van der Waals surface area contributed by atoms with Gasteiger partial charge in [-0.05, 0) is 18.1 Å². The summed E-state index contributed by atoms with van der Waals surface area (Å²) in [7, 11) is 0. The van der Waals surface area contributed by atoms with Crippen LogP contribution < -0.4 is 5.32 Å². The second-order valence-electron chi connectivity index (χ2n) is 3.72. The fraction of sp³-hybridized carbons (Fsp3) is 0.364. The molecule has 5 heteroatoms. The minimum Gasteiger partial charge on any atom is -0.480 e. The van der Waals surface area contributed by atoms with Crippen molar-refractivity contribution in [3.8, 4) is 6.07 Å². The quantitative estimate of drug-likeness (QED) is 0.800. The van der Waals surface area contributed by atoms with Crippen molar-refractivity contribution in [3.05, 3.63) is 23.9 Å². The number of hydrogen-bond acceptors (Lipinski definition) is 4. The normalized spacial score (nSPS) is 11.9. The molecule has 1 atom stereocenters. The number of anilines is 1. The van der Waals surface area contributed by atoms with Crippen molar-refractivity contribution in [3.63, 3.8) is 0 Å². The van der Waals surface area contributed by atoms with Gasteiger partial charge in [0.1, 0.15) is 23.6 Å². The van der Waals surface area contributed by atoms with Crippen molar-refractivity contribution >= 4 is 11.8 Å². The third kappa shape index (κ3) is 2.95. The van der Waals surface area contributed by atoms with Crippen LogP contribution in [0.5, 0.6) is 0 Å². The average Bonchev–Trinajstić information content (AvgIpc) is 2.25. The Kier molecular flexibility index (Phi) is 3.84. The highest BCUT2D eigenvalue weighted by Crippen LogP contribution is 2.11. The van der Waals surface area contributed by atoms with E-state index >= 15 is 0 Å². The zero-order chi connectivity index (χ0) is 12.1. The largest absolute Gasteiger partial charge is 0.480 e. The molecule has 1 aromatic heterocycles. The molecule has 1 rings (SSSR count). The molecule has 1 heterocycles. The Balaban J connectivity index is 2.86. The van der Waals surface area contributed by atoms with Gasteiger partial charge in [0.15, 0.2) is 0 Å². The van der Waals surface area contributed by atoms with E-state index in [1.807, 2.05) is 6.07 Å². The maximum atomic E-state index is 10.9. The van der Waals surface area contributed by atoms with Gasteiger partial charge in [-0.15, -0.1) is 0 Å². The second-order valence-corrected chi connectivity index (χ2v) is 3.72. The summed E-state index contributed by atoms with van der Waals surface area (Å²) >= 11 is 0. The van der Waals surface area contributed by atoms with E-state index in [4.69, 9.17) is 10.4 Å². The number of rotatable bonds is 4. The van der Waals surface area contributed by atoms with Crippen molar-refractivity contribution in [2.45, 2.75) is 19.9 Å². The lowest BCUT2D eigenvalue weighted by molar-refractivity contribution is -0.138. The Bertz CT molecular complexity index is 423. The maximum absolute atomic E-state index is 10.9. The molecule has 0 saturated heterocycles. The highest BCUT2D eigenvalue weighted by molar-refractivity contribution is 5.77. The average molecular weight is 219 g/mol. The molecule has 16 heavy (non-hydrogen) atoms. The van der Waals surface area contributed by atoms with Crippen LogP contribution in [-0.4, -0.2) is 22.1 Å². The molecule has 0 radical (unpaired) electrons. The molecular weight excluding hydrogens is 206 g/mol. The van der Waals surface area contributed by atoms with Crippen LogP contribution in [0, 0.1) is 17.2 Å². The van der Waals surface area contributed by atoms with E-state index in [0.717, 1.165) is 0 Å². The predicted molar refractivity (Wildman–Crippen MR) is 58.8 cm³/mol. The van der Waals surface area contributed by atoms with Crippen molar-refractivity contribution in [1.82, 2.24) is 4.98 Å². The Morgan fingerprint density at radius 3 is 2.75 bits per heavy atom. The van der Waals surface area contributed by atoms with Crippen LogP contribution in [0.15, 0.2) is 18.2 Å². The van der Waals surface area contributed by atoms with Crippen molar-refractivity contribution < 1.29 is 9.90 Å². The van der Waals surface area contributed by atoms with Crippen molar-refractivity contribution in [1.29, 1.82) is 5.26 Å². The Hall–Kier alpha value is -2.09. The number of hydrogen-bond donors (Lipinski definition) is 2. The van der Waals surface area contributed by atoms with Gasteiger partial charge in [0.2, 0.25) is 0 Å². The Morgan fingerprint density at radius 2 is 2.25 bits per heavy atom. The number of aromatic nitrogens is 1. The fourth-order valence-corrected chi connectivity index (χ4v) is 1.25. The van der Waals surface area contributed by atoms with E-state index in [9.17, 15) is 4.79 Å². The first-order valence-corrected chi connectivity index (χ1v) is 4.91. The number of pyridine rings is 1. The number of aliphatic carboxylic acids is 1. The second kappa shape index (κ2) is 5.12. The molecule has 0 bridgehead atoms. The van der Waals surface area contributed by atoms with Crippen LogP contribution in [0.3, 0.4) is 0 Å². The van der Waals surface area contributed by atoms with Gasteiger partial charge in [0.05, 0.1) is 0 Å². The molecule has 0 spiro atoms. The van der Waals surface area contributed by atoms with Gasteiger partial charge < -0.3 is 10.4 Å². The SMILES string of the molecule is CC(C)[C@@H](Nc1cccc(C#N)n1)C(=O)O. The number of nitriles is 1. The van der Waals surface area contributed by atoms with Crippen molar-refractivity contribution in [2.75, 3.05) is 5.32 Å². The van der Waals surface area contributed by atoms with Crippen LogP contribution in [-0.2, 0) is 4.79 Å². The lowest BCUT2D eigenvalue weighted by atomic mass is 10.1. The predicted octanol–water partition coefficient (Wildman–Crippen LogP) is 1.47. The molecule has 84 valence electrons. The van der Waals surface area contributed by atoms with Crippen molar-refractivity contribution in [2.24, 2.45) is 5.92 Å². The van der Waals surface area contributed by atoms with Crippen LogP contribution in [0.25, 0.3) is 0 Å². The summed E-state index contributed by atoms with van der Waals surface area (Å²) in [4.78, 5) is 14.9. The van der Waals surface area contributed by atoms with Gasteiger partial charge in [0, 0.05) is 0 Å². The van der Waals surface area contributed by atoms with E-state index in [2.05, 4.69) is 10.3 Å². The number of carbonyl (C=O) groups is 1. The molecule has 0 fully saturated rings. The van der Waals surface area contributed by atoms with Gasteiger partial charge in [-0.3, -0.25) is 0 Å². The third-order valence-electron chi connectivity index (χ3n) is 2.10. The number of carboxylic acid groups (broad SMARTS) is 1. The summed E-state index contributed by atoms with van der Waals surface area (Å²) in [5.41, 5.74) is 0.262. The summed E-state index contributed by atoms with van der Waals surface area (Å²) in [6, 6.07) is 6.06. The summed E-state index contributed by atoms with van der Waals surface area (Å²) in [6.07, 6.45) is 0. The van der Waals surface area contributed by atoms with Crippen LogP contribution in [0.1, 0.15) is 19.5 Å². The van der Waals surface area contributed by atoms with Gasteiger partial charge >= 0.3 is 5.97 Å². The molecule has 0 unspecified atom stereocenters. The van der Waals surface area contributed by atoms with Gasteiger partial charge in [-0.1, -0.05) is 19.9 Å². The molecule has 0 saturated carbocycles. The number of carboxylic acids is 1. The topological polar surface area (TPSA) is 86.0 Å². The van der Waals surface area contributed by atoms with E-state index in [1.54, 1.807) is 32.0 Å². The van der Waals surface area contributed by atoms with Crippen LogP contribution in [0.4, 0.5) is 5.82 Å². The van der Waals surface area contributed by atoms with Gasteiger partial charge in [-0.2, -0.15) is 5.26 Å². The molecule has 0 aliphatic carbocycles.